The first-order valence-electron chi connectivity index (χ1n) is 3.99. The summed E-state index contributed by atoms with van der Waals surface area (Å²) in [6.07, 6.45) is 0. The lowest BCUT2D eigenvalue weighted by Crippen LogP contribution is -1.89. The van der Waals surface area contributed by atoms with Gasteiger partial charge in [0.2, 0.25) is 5.28 Å². The first-order valence-corrected chi connectivity index (χ1v) is 4.37. The summed E-state index contributed by atoms with van der Waals surface area (Å²) in [7, 11) is 1.68. The topological polar surface area (TPSA) is 30.7 Å². The molecule has 0 radical (unpaired) electrons. The standard InChI is InChI=1S/C9H7ClFN3/c1-14-9(10)12-8(13-14)6-3-2-4-7(11)5-6/h2-5H,1H3. The molecular weight excluding hydrogens is 205 g/mol. The van der Waals surface area contributed by atoms with Gasteiger partial charge in [-0.25, -0.2) is 9.07 Å². The molecule has 0 unspecified atom stereocenters. The van der Waals surface area contributed by atoms with Crippen LogP contribution in [0.2, 0.25) is 5.28 Å². The van der Waals surface area contributed by atoms with Crippen molar-refractivity contribution in [2.75, 3.05) is 0 Å². The van der Waals surface area contributed by atoms with Crippen LogP contribution < -0.4 is 0 Å². The molecule has 0 aliphatic heterocycles. The van der Waals surface area contributed by atoms with Crippen LogP contribution in [0.25, 0.3) is 11.4 Å². The van der Waals surface area contributed by atoms with Gasteiger partial charge >= 0.3 is 0 Å². The van der Waals surface area contributed by atoms with Crippen molar-refractivity contribution in [2.45, 2.75) is 0 Å². The monoisotopic (exact) mass is 211 g/mol. The van der Waals surface area contributed by atoms with Gasteiger partial charge < -0.3 is 0 Å². The first kappa shape index (κ1) is 9.15. The highest BCUT2D eigenvalue weighted by Gasteiger charge is 2.07. The predicted octanol–water partition coefficient (Wildman–Crippen LogP) is 2.27. The highest BCUT2D eigenvalue weighted by atomic mass is 35.5. The second-order valence-corrected chi connectivity index (χ2v) is 3.18. The summed E-state index contributed by atoms with van der Waals surface area (Å²) in [5.41, 5.74) is 0.618. The lowest BCUT2D eigenvalue weighted by atomic mass is 10.2. The zero-order chi connectivity index (χ0) is 10.1. The van der Waals surface area contributed by atoms with Crippen molar-refractivity contribution in [3.8, 4) is 11.4 Å². The molecule has 0 saturated carbocycles. The van der Waals surface area contributed by atoms with E-state index in [0.717, 1.165) is 0 Å². The third-order valence-electron chi connectivity index (χ3n) is 1.79. The average molecular weight is 212 g/mol. The van der Waals surface area contributed by atoms with Crippen molar-refractivity contribution in [3.63, 3.8) is 0 Å². The number of aryl methyl sites for hydroxylation is 1. The van der Waals surface area contributed by atoms with Crippen molar-refractivity contribution >= 4 is 11.6 Å². The first-order chi connectivity index (χ1) is 6.66. The largest absolute Gasteiger partial charge is 0.239 e. The van der Waals surface area contributed by atoms with E-state index in [1.54, 1.807) is 19.2 Å². The molecule has 3 nitrogen and oxygen atoms in total. The molecule has 0 spiro atoms. The van der Waals surface area contributed by atoms with Crippen molar-refractivity contribution < 1.29 is 4.39 Å². The summed E-state index contributed by atoms with van der Waals surface area (Å²) in [6.45, 7) is 0. The van der Waals surface area contributed by atoms with Crippen molar-refractivity contribution in [3.05, 3.63) is 35.4 Å². The van der Waals surface area contributed by atoms with Gasteiger partial charge in [-0.3, -0.25) is 0 Å². The Morgan fingerprint density at radius 2 is 2.21 bits per heavy atom. The SMILES string of the molecule is Cn1nc(-c2cccc(F)c2)nc1Cl. The lowest BCUT2D eigenvalue weighted by Gasteiger charge is -1.93. The van der Waals surface area contributed by atoms with Gasteiger partial charge in [-0.15, -0.1) is 5.10 Å². The van der Waals surface area contributed by atoms with Crippen molar-refractivity contribution in [2.24, 2.45) is 7.05 Å². The molecule has 0 saturated heterocycles. The van der Waals surface area contributed by atoms with Crippen LogP contribution in [-0.2, 0) is 7.05 Å². The summed E-state index contributed by atoms with van der Waals surface area (Å²) >= 11 is 5.71. The van der Waals surface area contributed by atoms with E-state index in [1.165, 1.54) is 16.8 Å². The molecular formula is C9H7ClFN3. The fourth-order valence-corrected chi connectivity index (χ4v) is 1.23. The number of hydrogen-bond donors (Lipinski definition) is 0. The molecule has 0 atom stereocenters. The fraction of sp³-hybridized carbons (Fsp3) is 0.111. The van der Waals surface area contributed by atoms with Crippen LogP contribution in [0.4, 0.5) is 4.39 Å². The molecule has 5 heteroatoms. The number of rotatable bonds is 1. The van der Waals surface area contributed by atoms with E-state index in [4.69, 9.17) is 11.6 Å². The van der Waals surface area contributed by atoms with Crippen LogP contribution in [0.1, 0.15) is 0 Å². The van der Waals surface area contributed by atoms with E-state index in [2.05, 4.69) is 10.1 Å². The zero-order valence-electron chi connectivity index (χ0n) is 7.41. The summed E-state index contributed by atoms with van der Waals surface area (Å²) in [5.74, 6) is 0.114. The third kappa shape index (κ3) is 1.61. The number of hydrogen-bond acceptors (Lipinski definition) is 2. The lowest BCUT2D eigenvalue weighted by molar-refractivity contribution is 0.628. The molecule has 0 aliphatic carbocycles. The minimum atomic E-state index is -0.314. The van der Waals surface area contributed by atoms with E-state index in [-0.39, 0.29) is 11.1 Å². The normalized spacial score (nSPS) is 10.5. The van der Waals surface area contributed by atoms with Crippen molar-refractivity contribution in [1.29, 1.82) is 0 Å². The summed E-state index contributed by atoms with van der Waals surface area (Å²) in [4.78, 5) is 3.97. The molecule has 2 rings (SSSR count). The molecule has 1 heterocycles. The average Bonchev–Trinajstić information content (AvgIpc) is 2.47. The van der Waals surface area contributed by atoms with Crippen LogP contribution in [0.5, 0.6) is 0 Å². The van der Waals surface area contributed by atoms with Gasteiger partial charge in [-0.1, -0.05) is 12.1 Å². The van der Waals surface area contributed by atoms with Crippen LogP contribution in [-0.4, -0.2) is 14.8 Å². The summed E-state index contributed by atoms with van der Waals surface area (Å²) in [6, 6.07) is 6.07. The van der Waals surface area contributed by atoms with E-state index < -0.39 is 0 Å². The summed E-state index contributed by atoms with van der Waals surface area (Å²) < 4.78 is 14.3. The molecule has 1 aromatic heterocycles. The smallest absolute Gasteiger partial charge is 0.221 e. The Hall–Kier alpha value is -1.42. The molecule has 1 aromatic carbocycles. The van der Waals surface area contributed by atoms with Gasteiger partial charge in [0, 0.05) is 12.6 Å². The second kappa shape index (κ2) is 3.38. The molecule has 72 valence electrons. The molecule has 2 aromatic rings. The Morgan fingerprint density at radius 3 is 2.79 bits per heavy atom. The van der Waals surface area contributed by atoms with Crippen LogP contribution in [0, 0.1) is 5.82 Å². The number of aromatic nitrogens is 3. The van der Waals surface area contributed by atoms with Gasteiger partial charge in [-0.05, 0) is 23.7 Å². The molecule has 0 aliphatic rings. The van der Waals surface area contributed by atoms with Crippen LogP contribution in [0.15, 0.2) is 24.3 Å². The third-order valence-corrected chi connectivity index (χ3v) is 2.12. The van der Waals surface area contributed by atoms with Gasteiger partial charge in [0.1, 0.15) is 5.82 Å². The highest BCUT2D eigenvalue weighted by Crippen LogP contribution is 2.17. The van der Waals surface area contributed by atoms with Gasteiger partial charge in [-0.2, -0.15) is 4.98 Å². The molecule has 14 heavy (non-hydrogen) atoms. The Morgan fingerprint density at radius 1 is 1.43 bits per heavy atom. The van der Waals surface area contributed by atoms with E-state index >= 15 is 0 Å². The molecule has 0 N–H and O–H groups in total. The van der Waals surface area contributed by atoms with Crippen molar-refractivity contribution in [1.82, 2.24) is 14.8 Å². The maximum Gasteiger partial charge on any atom is 0.221 e. The van der Waals surface area contributed by atoms with Gasteiger partial charge in [0.15, 0.2) is 5.82 Å². The van der Waals surface area contributed by atoms with Crippen LogP contribution >= 0.6 is 11.6 Å². The number of nitrogens with zero attached hydrogens (tertiary/aromatic N) is 3. The van der Waals surface area contributed by atoms with E-state index in [1.807, 2.05) is 0 Å². The maximum absolute atomic E-state index is 12.9. The minimum Gasteiger partial charge on any atom is -0.239 e. The van der Waals surface area contributed by atoms with Gasteiger partial charge in [0.05, 0.1) is 0 Å². The van der Waals surface area contributed by atoms with E-state index in [0.29, 0.717) is 11.4 Å². The zero-order valence-corrected chi connectivity index (χ0v) is 8.16. The molecule has 0 fully saturated rings. The predicted molar refractivity (Wildman–Crippen MR) is 51.4 cm³/mol. The molecule has 0 amide bonds. The number of halogens is 2. The Balaban J connectivity index is 2.49. The minimum absolute atomic E-state index is 0.282. The Labute approximate surface area is 85.1 Å². The Kier molecular flexibility index (Phi) is 2.21. The van der Waals surface area contributed by atoms with E-state index in [9.17, 15) is 4.39 Å². The second-order valence-electron chi connectivity index (χ2n) is 2.84. The fourth-order valence-electron chi connectivity index (χ4n) is 1.12. The summed E-state index contributed by atoms with van der Waals surface area (Å²) in [5, 5.41) is 4.31. The number of benzene rings is 1. The molecule has 0 bridgehead atoms. The Bertz CT molecular complexity index is 447. The van der Waals surface area contributed by atoms with Crippen LogP contribution in [0.3, 0.4) is 0 Å². The maximum atomic E-state index is 12.9. The van der Waals surface area contributed by atoms with Gasteiger partial charge in [0.25, 0.3) is 0 Å². The highest BCUT2D eigenvalue weighted by molar-refractivity contribution is 6.28. The quantitative estimate of drug-likeness (QED) is 0.725.